The highest BCUT2D eigenvalue weighted by molar-refractivity contribution is 8.02. The summed E-state index contributed by atoms with van der Waals surface area (Å²) < 4.78 is 0. The molecule has 0 unspecified atom stereocenters. The standard InChI is InChI=1S/C6H15NS2/c1-8-5-6-9-4-2-3-7/h2-7H2,1H3. The van der Waals surface area contributed by atoms with E-state index in [1.807, 2.05) is 23.5 Å². The third-order valence-electron chi connectivity index (χ3n) is 0.925. The summed E-state index contributed by atoms with van der Waals surface area (Å²) in [6, 6.07) is 0. The van der Waals surface area contributed by atoms with Crippen molar-refractivity contribution in [2.24, 2.45) is 5.73 Å². The average Bonchev–Trinajstić information content (AvgIpc) is 1.89. The van der Waals surface area contributed by atoms with Crippen molar-refractivity contribution in [1.29, 1.82) is 0 Å². The fourth-order valence-electron chi connectivity index (χ4n) is 0.430. The zero-order valence-corrected chi connectivity index (χ0v) is 7.56. The molecule has 3 heteroatoms. The van der Waals surface area contributed by atoms with Crippen LogP contribution in [0.5, 0.6) is 0 Å². The quantitative estimate of drug-likeness (QED) is 0.603. The second-order valence-electron chi connectivity index (χ2n) is 1.75. The summed E-state index contributed by atoms with van der Waals surface area (Å²) in [6.45, 7) is 0.840. The lowest BCUT2D eigenvalue weighted by molar-refractivity contribution is 0.943. The summed E-state index contributed by atoms with van der Waals surface area (Å²) in [7, 11) is 0. The van der Waals surface area contributed by atoms with Gasteiger partial charge in [-0.1, -0.05) is 0 Å². The second kappa shape index (κ2) is 8.66. The molecule has 0 amide bonds. The number of rotatable bonds is 6. The Morgan fingerprint density at radius 3 is 2.56 bits per heavy atom. The Balaban J connectivity index is 2.60. The van der Waals surface area contributed by atoms with Crippen molar-refractivity contribution < 1.29 is 0 Å². The molecular formula is C6H15NS2. The van der Waals surface area contributed by atoms with Crippen molar-refractivity contribution in [3.8, 4) is 0 Å². The van der Waals surface area contributed by atoms with Gasteiger partial charge in [0.15, 0.2) is 0 Å². The van der Waals surface area contributed by atoms with Crippen LogP contribution in [0.25, 0.3) is 0 Å². The van der Waals surface area contributed by atoms with E-state index in [1.54, 1.807) is 0 Å². The van der Waals surface area contributed by atoms with E-state index in [4.69, 9.17) is 5.73 Å². The van der Waals surface area contributed by atoms with Crippen LogP contribution in [0.3, 0.4) is 0 Å². The summed E-state index contributed by atoms with van der Waals surface area (Å²) in [5.41, 5.74) is 5.32. The van der Waals surface area contributed by atoms with Crippen LogP contribution in [0.1, 0.15) is 6.42 Å². The summed E-state index contributed by atoms with van der Waals surface area (Å²) in [5, 5.41) is 0. The summed E-state index contributed by atoms with van der Waals surface area (Å²) in [5.74, 6) is 3.79. The molecule has 0 saturated heterocycles. The maximum atomic E-state index is 5.32. The molecule has 0 radical (unpaired) electrons. The van der Waals surface area contributed by atoms with Gasteiger partial charge in [-0.15, -0.1) is 0 Å². The van der Waals surface area contributed by atoms with Crippen LogP contribution >= 0.6 is 23.5 Å². The zero-order valence-electron chi connectivity index (χ0n) is 5.93. The summed E-state index contributed by atoms with van der Waals surface area (Å²) in [4.78, 5) is 0. The number of nitrogens with two attached hydrogens (primary N) is 1. The molecule has 0 aromatic carbocycles. The predicted molar refractivity (Wildman–Crippen MR) is 49.4 cm³/mol. The minimum atomic E-state index is 0.840. The predicted octanol–water partition coefficient (Wildman–Crippen LogP) is 1.43. The highest BCUT2D eigenvalue weighted by atomic mass is 32.2. The van der Waals surface area contributed by atoms with Gasteiger partial charge in [0.2, 0.25) is 0 Å². The Labute approximate surface area is 66.2 Å². The van der Waals surface area contributed by atoms with Crippen molar-refractivity contribution in [2.45, 2.75) is 6.42 Å². The molecule has 2 N–H and O–H groups in total. The molecule has 0 fully saturated rings. The van der Waals surface area contributed by atoms with Crippen LogP contribution in [-0.2, 0) is 0 Å². The van der Waals surface area contributed by atoms with E-state index in [0.29, 0.717) is 0 Å². The molecule has 0 aromatic heterocycles. The Kier molecular flexibility index (Phi) is 9.30. The lowest BCUT2D eigenvalue weighted by atomic mass is 10.5. The number of hydrogen-bond acceptors (Lipinski definition) is 3. The minimum Gasteiger partial charge on any atom is -0.330 e. The van der Waals surface area contributed by atoms with Crippen molar-refractivity contribution in [3.63, 3.8) is 0 Å². The maximum Gasteiger partial charge on any atom is 0.00234 e. The van der Waals surface area contributed by atoms with Crippen molar-refractivity contribution >= 4 is 23.5 Å². The van der Waals surface area contributed by atoms with Crippen molar-refractivity contribution in [3.05, 3.63) is 0 Å². The number of hydrogen-bond donors (Lipinski definition) is 1. The van der Waals surface area contributed by atoms with Crippen LogP contribution in [0.4, 0.5) is 0 Å². The van der Waals surface area contributed by atoms with E-state index >= 15 is 0 Å². The molecule has 0 bridgehead atoms. The second-order valence-corrected chi connectivity index (χ2v) is 3.96. The molecule has 0 rings (SSSR count). The molecule has 0 aromatic rings. The summed E-state index contributed by atoms with van der Waals surface area (Å²) in [6.07, 6.45) is 3.31. The van der Waals surface area contributed by atoms with Crippen LogP contribution < -0.4 is 5.73 Å². The first-order valence-electron chi connectivity index (χ1n) is 3.18. The van der Waals surface area contributed by atoms with Gasteiger partial charge in [0, 0.05) is 11.5 Å². The van der Waals surface area contributed by atoms with E-state index in [9.17, 15) is 0 Å². The van der Waals surface area contributed by atoms with E-state index in [1.165, 1.54) is 23.7 Å². The molecule has 0 atom stereocenters. The van der Waals surface area contributed by atoms with Crippen LogP contribution in [0.15, 0.2) is 0 Å². The summed E-state index contributed by atoms with van der Waals surface area (Å²) >= 11 is 3.91. The lowest BCUT2D eigenvalue weighted by Gasteiger charge is -1.96. The van der Waals surface area contributed by atoms with Gasteiger partial charge >= 0.3 is 0 Å². The van der Waals surface area contributed by atoms with Gasteiger partial charge < -0.3 is 5.73 Å². The van der Waals surface area contributed by atoms with Gasteiger partial charge in [-0.2, -0.15) is 23.5 Å². The first-order chi connectivity index (χ1) is 4.41. The van der Waals surface area contributed by atoms with Gasteiger partial charge in [-0.05, 0) is 25.0 Å². The molecule has 0 heterocycles. The Hall–Kier alpha value is 0.660. The van der Waals surface area contributed by atoms with E-state index < -0.39 is 0 Å². The molecule has 0 aliphatic heterocycles. The zero-order chi connectivity index (χ0) is 6.95. The molecule has 9 heavy (non-hydrogen) atoms. The fourth-order valence-corrected chi connectivity index (χ4v) is 2.14. The van der Waals surface area contributed by atoms with Gasteiger partial charge in [0.1, 0.15) is 0 Å². The van der Waals surface area contributed by atoms with Gasteiger partial charge in [-0.3, -0.25) is 0 Å². The topological polar surface area (TPSA) is 26.0 Å². The SMILES string of the molecule is CSCCSCCCN. The third kappa shape index (κ3) is 8.66. The minimum absolute atomic E-state index is 0.840. The van der Waals surface area contributed by atoms with E-state index in [2.05, 4.69) is 6.26 Å². The average molecular weight is 165 g/mol. The van der Waals surface area contributed by atoms with Crippen LogP contribution in [0.2, 0.25) is 0 Å². The highest BCUT2D eigenvalue weighted by Gasteiger charge is 1.85. The Bertz CT molecular complexity index is 44.3. The molecule has 0 aliphatic rings. The maximum absolute atomic E-state index is 5.32. The van der Waals surface area contributed by atoms with Gasteiger partial charge in [-0.25, -0.2) is 0 Å². The van der Waals surface area contributed by atoms with Gasteiger partial charge in [0.05, 0.1) is 0 Å². The molecule has 0 aliphatic carbocycles. The molecule has 1 nitrogen and oxygen atoms in total. The van der Waals surface area contributed by atoms with Gasteiger partial charge in [0.25, 0.3) is 0 Å². The highest BCUT2D eigenvalue weighted by Crippen LogP contribution is 2.04. The molecule has 0 spiro atoms. The van der Waals surface area contributed by atoms with Crippen LogP contribution in [0, 0.1) is 0 Å². The largest absolute Gasteiger partial charge is 0.330 e. The Morgan fingerprint density at radius 1 is 1.22 bits per heavy atom. The van der Waals surface area contributed by atoms with E-state index in [0.717, 1.165) is 6.54 Å². The normalized spacial score (nSPS) is 10.0. The van der Waals surface area contributed by atoms with Crippen molar-refractivity contribution in [2.75, 3.05) is 30.1 Å². The fraction of sp³-hybridized carbons (Fsp3) is 1.00. The van der Waals surface area contributed by atoms with Crippen LogP contribution in [-0.4, -0.2) is 30.1 Å². The van der Waals surface area contributed by atoms with Crippen molar-refractivity contribution in [1.82, 2.24) is 0 Å². The smallest absolute Gasteiger partial charge is 0.00234 e. The monoisotopic (exact) mass is 165 g/mol. The molecule has 0 saturated carbocycles. The first kappa shape index (κ1) is 9.66. The first-order valence-corrected chi connectivity index (χ1v) is 5.73. The third-order valence-corrected chi connectivity index (χ3v) is 2.87. The molecular weight excluding hydrogens is 150 g/mol. The number of thioether (sulfide) groups is 2. The Morgan fingerprint density at radius 2 is 2.00 bits per heavy atom. The van der Waals surface area contributed by atoms with E-state index in [-0.39, 0.29) is 0 Å². The molecule has 56 valence electrons. The lowest BCUT2D eigenvalue weighted by Crippen LogP contribution is -1.99.